The van der Waals surface area contributed by atoms with E-state index in [0.717, 1.165) is 13.0 Å². The Labute approximate surface area is 182 Å². The lowest BCUT2D eigenvalue weighted by atomic mass is 9.88. The van der Waals surface area contributed by atoms with E-state index in [4.69, 9.17) is 4.74 Å². The van der Waals surface area contributed by atoms with E-state index >= 15 is 0 Å². The molecule has 0 aromatic heterocycles. The average Bonchev–Trinajstić information content (AvgIpc) is 2.71. The first-order chi connectivity index (χ1) is 14.8. The molecular weight excluding hydrogens is 455 g/mol. The van der Waals surface area contributed by atoms with Crippen molar-refractivity contribution in [3.05, 3.63) is 28.8 Å². The number of alkyl halides is 3. The van der Waals surface area contributed by atoms with Crippen molar-refractivity contribution in [1.82, 2.24) is 5.32 Å². The summed E-state index contributed by atoms with van der Waals surface area (Å²) >= 11 is 0. The van der Waals surface area contributed by atoms with Crippen LogP contribution in [-0.4, -0.2) is 49.9 Å². The standard InChI is InChI=1S/C20H22F3NO7S/c1-4-32(29,30)14-9-8-11(17(27)15-12(25)6-5-7-13(15)26)16(20(21,22)23)18(14)31-10(2)19(28)24-3/h8-10,27H,4-7H2,1-3H3,(H,24,28). The molecule has 1 aromatic rings. The molecule has 8 nitrogen and oxygen atoms in total. The van der Waals surface area contributed by atoms with Gasteiger partial charge in [0.1, 0.15) is 21.8 Å². The van der Waals surface area contributed by atoms with Crippen molar-refractivity contribution in [3.63, 3.8) is 0 Å². The van der Waals surface area contributed by atoms with Crippen LogP contribution in [0.1, 0.15) is 44.2 Å². The minimum atomic E-state index is -5.28. The molecule has 32 heavy (non-hydrogen) atoms. The molecule has 1 amide bonds. The molecule has 0 heterocycles. The first kappa shape index (κ1) is 25.4. The molecule has 2 N–H and O–H groups in total. The number of likely N-dealkylation sites (N-methyl/N-ethyl adjacent to an activating group) is 1. The summed E-state index contributed by atoms with van der Waals surface area (Å²) in [7, 11) is -3.05. The predicted octanol–water partition coefficient (Wildman–Crippen LogP) is 2.60. The van der Waals surface area contributed by atoms with Crippen LogP contribution in [0.3, 0.4) is 0 Å². The normalized spacial score (nSPS) is 16.0. The second-order valence-electron chi connectivity index (χ2n) is 7.01. The van der Waals surface area contributed by atoms with Gasteiger partial charge in [-0.1, -0.05) is 6.92 Å². The Morgan fingerprint density at radius 2 is 1.78 bits per heavy atom. The third kappa shape index (κ3) is 4.95. The van der Waals surface area contributed by atoms with Crippen LogP contribution in [0.5, 0.6) is 5.75 Å². The summed E-state index contributed by atoms with van der Waals surface area (Å²) in [5.41, 5.74) is -3.48. The summed E-state index contributed by atoms with van der Waals surface area (Å²) in [5, 5.41) is 12.7. The van der Waals surface area contributed by atoms with Gasteiger partial charge in [0.2, 0.25) is 0 Å². The van der Waals surface area contributed by atoms with Gasteiger partial charge in [-0.25, -0.2) is 8.42 Å². The number of ether oxygens (including phenoxy) is 1. The number of hydrogen-bond donors (Lipinski definition) is 2. The fraction of sp³-hybridized carbons (Fsp3) is 0.450. The summed E-state index contributed by atoms with van der Waals surface area (Å²) in [6, 6.07) is 1.45. The Bertz CT molecular complexity index is 1070. The molecule has 1 unspecified atom stereocenters. The summed E-state index contributed by atoms with van der Waals surface area (Å²) in [6.45, 7) is 2.32. The number of allylic oxidation sites excluding steroid dienone is 1. The first-order valence-corrected chi connectivity index (χ1v) is 11.3. The number of carbonyl (C=O) groups is 3. The van der Waals surface area contributed by atoms with Gasteiger partial charge in [0.05, 0.1) is 5.75 Å². The maximum atomic E-state index is 14.2. The largest absolute Gasteiger partial charge is 0.506 e. The lowest BCUT2D eigenvalue weighted by molar-refractivity contribution is -0.141. The summed E-state index contributed by atoms with van der Waals surface area (Å²) in [6.07, 6.45) is -6.87. The molecule has 0 aliphatic heterocycles. The summed E-state index contributed by atoms with van der Waals surface area (Å²) < 4.78 is 72.6. The van der Waals surface area contributed by atoms with Crippen LogP contribution >= 0.6 is 0 Å². The van der Waals surface area contributed by atoms with E-state index in [0.29, 0.717) is 6.07 Å². The monoisotopic (exact) mass is 477 g/mol. The van der Waals surface area contributed by atoms with Crippen LogP contribution in [0.4, 0.5) is 13.2 Å². The first-order valence-electron chi connectivity index (χ1n) is 9.61. The highest BCUT2D eigenvalue weighted by Crippen LogP contribution is 2.45. The zero-order valence-electron chi connectivity index (χ0n) is 17.5. The average molecular weight is 477 g/mol. The maximum Gasteiger partial charge on any atom is 0.420 e. The van der Waals surface area contributed by atoms with Crippen LogP contribution in [0.15, 0.2) is 22.6 Å². The van der Waals surface area contributed by atoms with Crippen LogP contribution in [0, 0.1) is 0 Å². The number of amides is 1. The Balaban J connectivity index is 2.94. The molecule has 1 aliphatic rings. The van der Waals surface area contributed by atoms with E-state index in [1.165, 1.54) is 14.0 Å². The van der Waals surface area contributed by atoms with Crippen molar-refractivity contribution in [2.24, 2.45) is 0 Å². The molecular formula is C20H22F3NO7S. The number of ketones is 2. The molecule has 1 aromatic carbocycles. The van der Waals surface area contributed by atoms with Crippen LogP contribution < -0.4 is 10.1 Å². The molecule has 1 aliphatic carbocycles. The molecule has 1 saturated carbocycles. The molecule has 12 heteroatoms. The topological polar surface area (TPSA) is 127 Å². The lowest BCUT2D eigenvalue weighted by Gasteiger charge is -2.23. The highest BCUT2D eigenvalue weighted by Gasteiger charge is 2.43. The summed E-state index contributed by atoms with van der Waals surface area (Å²) in [4.78, 5) is 35.3. The van der Waals surface area contributed by atoms with E-state index in [1.807, 2.05) is 0 Å². The molecule has 0 spiro atoms. The summed E-state index contributed by atoms with van der Waals surface area (Å²) in [5.74, 6) is -5.46. The van der Waals surface area contributed by atoms with Crippen molar-refractivity contribution in [2.45, 2.75) is 50.3 Å². The second-order valence-corrected chi connectivity index (χ2v) is 9.26. The van der Waals surface area contributed by atoms with Crippen molar-refractivity contribution in [1.29, 1.82) is 0 Å². The third-order valence-corrected chi connectivity index (χ3v) is 6.64. The zero-order valence-corrected chi connectivity index (χ0v) is 18.3. The fourth-order valence-corrected chi connectivity index (χ4v) is 4.23. The van der Waals surface area contributed by atoms with E-state index in [-0.39, 0.29) is 19.3 Å². The number of hydrogen-bond acceptors (Lipinski definition) is 7. The maximum absolute atomic E-state index is 14.2. The van der Waals surface area contributed by atoms with Gasteiger partial charge in [-0.05, 0) is 25.5 Å². The minimum Gasteiger partial charge on any atom is -0.506 e. The Morgan fingerprint density at radius 1 is 1.22 bits per heavy atom. The Kier molecular flexibility index (Phi) is 7.38. The number of aliphatic hydroxyl groups is 1. The molecule has 0 radical (unpaired) electrons. The van der Waals surface area contributed by atoms with E-state index < -0.39 is 78.4 Å². The number of benzene rings is 1. The van der Waals surface area contributed by atoms with Crippen LogP contribution in [0.25, 0.3) is 5.76 Å². The van der Waals surface area contributed by atoms with Gasteiger partial charge in [0.15, 0.2) is 33.3 Å². The number of nitrogens with one attached hydrogen (secondary N) is 1. The van der Waals surface area contributed by atoms with Crippen molar-refractivity contribution < 1.29 is 45.8 Å². The fourth-order valence-electron chi connectivity index (χ4n) is 3.21. The SMILES string of the molecule is CCS(=O)(=O)c1ccc(C(O)=C2C(=O)CCCC2=O)c(C(F)(F)F)c1OC(C)C(=O)NC. The molecule has 2 rings (SSSR count). The van der Waals surface area contributed by atoms with Gasteiger partial charge in [0.25, 0.3) is 5.91 Å². The van der Waals surface area contributed by atoms with Crippen molar-refractivity contribution in [3.8, 4) is 5.75 Å². The number of rotatable bonds is 6. The lowest BCUT2D eigenvalue weighted by Crippen LogP contribution is -2.35. The smallest absolute Gasteiger partial charge is 0.420 e. The second kappa shape index (κ2) is 9.31. The molecule has 0 saturated heterocycles. The third-order valence-electron chi connectivity index (χ3n) is 4.89. The van der Waals surface area contributed by atoms with Crippen LogP contribution in [-0.2, 0) is 30.4 Å². The van der Waals surface area contributed by atoms with Gasteiger partial charge >= 0.3 is 6.18 Å². The highest BCUT2D eigenvalue weighted by molar-refractivity contribution is 7.91. The van der Waals surface area contributed by atoms with Gasteiger partial charge in [-0.3, -0.25) is 14.4 Å². The minimum absolute atomic E-state index is 0.133. The number of halogens is 3. The predicted molar refractivity (Wildman–Crippen MR) is 107 cm³/mol. The molecule has 0 bridgehead atoms. The van der Waals surface area contributed by atoms with Gasteiger partial charge in [0, 0.05) is 25.5 Å². The van der Waals surface area contributed by atoms with Gasteiger partial charge in [-0.15, -0.1) is 0 Å². The van der Waals surface area contributed by atoms with Gasteiger partial charge < -0.3 is 15.2 Å². The number of carbonyl (C=O) groups excluding carboxylic acids is 3. The highest BCUT2D eigenvalue weighted by atomic mass is 32.2. The van der Waals surface area contributed by atoms with Crippen molar-refractivity contribution >= 4 is 33.1 Å². The Morgan fingerprint density at radius 3 is 2.25 bits per heavy atom. The molecule has 1 fully saturated rings. The van der Waals surface area contributed by atoms with E-state index in [9.17, 15) is 41.1 Å². The van der Waals surface area contributed by atoms with Crippen LogP contribution in [0.2, 0.25) is 0 Å². The van der Waals surface area contributed by atoms with Gasteiger partial charge in [-0.2, -0.15) is 13.2 Å². The number of aliphatic hydroxyl groups excluding tert-OH is 1. The van der Waals surface area contributed by atoms with E-state index in [1.54, 1.807) is 0 Å². The van der Waals surface area contributed by atoms with Crippen molar-refractivity contribution in [2.75, 3.05) is 12.8 Å². The van der Waals surface area contributed by atoms with E-state index in [2.05, 4.69) is 5.32 Å². The quantitative estimate of drug-likeness (QED) is 0.366. The molecule has 1 atom stereocenters. The molecule has 176 valence electrons. The Hall–Kier alpha value is -2.89. The number of sulfone groups is 1. The number of Topliss-reactive ketones (excluding diaryl/α,β-unsaturated/α-hetero) is 2. The zero-order chi connectivity index (χ0) is 24.4.